The summed E-state index contributed by atoms with van der Waals surface area (Å²) >= 11 is 0. The number of aryl methyl sites for hydroxylation is 1. The molecular formula is C19H28N4O. The minimum atomic E-state index is -0.0775. The minimum absolute atomic E-state index is 0.0648. The lowest BCUT2D eigenvalue weighted by Gasteiger charge is -2.28. The molecule has 2 fully saturated rings. The van der Waals surface area contributed by atoms with Gasteiger partial charge in [0.25, 0.3) is 0 Å². The Balaban J connectivity index is 1.48. The summed E-state index contributed by atoms with van der Waals surface area (Å²) in [5, 5.41) is 4.49. The van der Waals surface area contributed by atoms with Gasteiger partial charge in [-0.1, -0.05) is 20.8 Å². The van der Waals surface area contributed by atoms with Gasteiger partial charge in [0.15, 0.2) is 5.65 Å². The third kappa shape index (κ3) is 2.89. The Labute approximate surface area is 143 Å². The van der Waals surface area contributed by atoms with Crippen molar-refractivity contribution in [3.05, 3.63) is 28.6 Å². The summed E-state index contributed by atoms with van der Waals surface area (Å²) < 4.78 is 3.19. The predicted octanol–water partition coefficient (Wildman–Crippen LogP) is 3.55. The van der Waals surface area contributed by atoms with Crippen LogP contribution in [-0.4, -0.2) is 19.2 Å². The summed E-state index contributed by atoms with van der Waals surface area (Å²) in [6.07, 6.45) is 11.1. The van der Waals surface area contributed by atoms with Gasteiger partial charge in [0.1, 0.15) is 6.33 Å². The van der Waals surface area contributed by atoms with Crippen LogP contribution in [0.2, 0.25) is 0 Å². The molecule has 2 aliphatic carbocycles. The molecule has 0 aliphatic heterocycles. The Bertz CT molecular complexity index is 797. The number of fused-ring (bicyclic) bond motifs is 1. The monoisotopic (exact) mass is 328 g/mol. The van der Waals surface area contributed by atoms with Crippen molar-refractivity contribution in [2.45, 2.75) is 77.7 Å². The Morgan fingerprint density at radius 2 is 1.92 bits per heavy atom. The van der Waals surface area contributed by atoms with E-state index < -0.39 is 0 Å². The standard InChI is InChI=1S/C19H28N4O/c1-18(2,3)15-12-16-20-13-22(17(24)23(16)21-15)11-6-14-4-7-19(8-5-14)9-10-19/h12-14H,4-11H2,1-3H3. The van der Waals surface area contributed by atoms with Gasteiger partial charge < -0.3 is 0 Å². The molecule has 5 nitrogen and oxygen atoms in total. The first-order chi connectivity index (χ1) is 11.4. The molecule has 2 aliphatic rings. The SMILES string of the molecule is CC(C)(C)c1cc2ncn(CCC3CCC4(CC3)CC4)c(=O)n2n1. The van der Waals surface area contributed by atoms with Gasteiger partial charge in [0.2, 0.25) is 0 Å². The number of nitrogens with zero attached hydrogens (tertiary/aromatic N) is 4. The second kappa shape index (κ2) is 5.43. The van der Waals surface area contributed by atoms with Crippen LogP contribution in [0.5, 0.6) is 0 Å². The highest BCUT2D eigenvalue weighted by molar-refractivity contribution is 5.39. The fourth-order valence-corrected chi connectivity index (χ4v) is 4.00. The maximum Gasteiger partial charge on any atom is 0.351 e. The van der Waals surface area contributed by atoms with Crippen molar-refractivity contribution in [2.24, 2.45) is 11.3 Å². The summed E-state index contributed by atoms with van der Waals surface area (Å²) in [4.78, 5) is 17.1. The molecule has 0 unspecified atom stereocenters. The second-order valence-electron chi connectivity index (χ2n) is 9.00. The molecule has 1 spiro atoms. The van der Waals surface area contributed by atoms with E-state index in [-0.39, 0.29) is 11.1 Å². The molecule has 0 aromatic carbocycles. The average Bonchev–Trinajstić information content (AvgIpc) is 3.12. The van der Waals surface area contributed by atoms with E-state index >= 15 is 0 Å². The lowest BCUT2D eigenvalue weighted by atomic mass is 9.78. The van der Waals surface area contributed by atoms with Crippen LogP contribution in [0.3, 0.4) is 0 Å². The molecular weight excluding hydrogens is 300 g/mol. The Morgan fingerprint density at radius 1 is 1.21 bits per heavy atom. The first-order valence-electron chi connectivity index (χ1n) is 9.32. The Hall–Kier alpha value is -1.65. The van der Waals surface area contributed by atoms with Crippen molar-refractivity contribution in [2.75, 3.05) is 0 Å². The van der Waals surface area contributed by atoms with Crippen LogP contribution in [0.15, 0.2) is 17.2 Å². The van der Waals surface area contributed by atoms with E-state index in [4.69, 9.17) is 0 Å². The molecule has 2 heterocycles. The highest BCUT2D eigenvalue weighted by atomic mass is 16.2. The van der Waals surface area contributed by atoms with Crippen LogP contribution in [-0.2, 0) is 12.0 Å². The molecule has 0 bridgehead atoms. The van der Waals surface area contributed by atoms with E-state index in [1.54, 1.807) is 10.9 Å². The molecule has 0 radical (unpaired) electrons. The van der Waals surface area contributed by atoms with Gasteiger partial charge in [-0.25, -0.2) is 9.78 Å². The normalized spacial score (nSPS) is 20.8. The lowest BCUT2D eigenvalue weighted by molar-refractivity contribution is 0.239. The van der Waals surface area contributed by atoms with Crippen LogP contribution in [0.1, 0.15) is 71.4 Å². The van der Waals surface area contributed by atoms with Gasteiger partial charge in [-0.15, -0.1) is 0 Å². The largest absolute Gasteiger partial charge is 0.351 e. The molecule has 4 rings (SSSR count). The van der Waals surface area contributed by atoms with Crippen molar-refractivity contribution in [1.29, 1.82) is 0 Å². The molecule has 2 aromatic rings. The average molecular weight is 328 g/mol. The van der Waals surface area contributed by atoms with E-state index in [1.807, 2.05) is 6.07 Å². The van der Waals surface area contributed by atoms with E-state index in [0.29, 0.717) is 5.65 Å². The number of hydrogen-bond donors (Lipinski definition) is 0. The number of hydrogen-bond acceptors (Lipinski definition) is 3. The van der Waals surface area contributed by atoms with Gasteiger partial charge >= 0.3 is 5.69 Å². The van der Waals surface area contributed by atoms with Crippen LogP contribution >= 0.6 is 0 Å². The van der Waals surface area contributed by atoms with Crippen LogP contribution in [0.4, 0.5) is 0 Å². The highest BCUT2D eigenvalue weighted by Gasteiger charge is 2.44. The number of aromatic nitrogens is 4. The molecule has 0 N–H and O–H groups in total. The summed E-state index contributed by atoms with van der Waals surface area (Å²) in [5.41, 5.74) is 2.16. The zero-order chi connectivity index (χ0) is 16.9. The topological polar surface area (TPSA) is 52.2 Å². The zero-order valence-electron chi connectivity index (χ0n) is 15.1. The predicted molar refractivity (Wildman–Crippen MR) is 94.2 cm³/mol. The third-order valence-corrected chi connectivity index (χ3v) is 6.12. The molecule has 0 atom stereocenters. The smallest absolute Gasteiger partial charge is 0.283 e. The third-order valence-electron chi connectivity index (χ3n) is 6.12. The molecule has 24 heavy (non-hydrogen) atoms. The van der Waals surface area contributed by atoms with E-state index in [0.717, 1.165) is 30.0 Å². The minimum Gasteiger partial charge on any atom is -0.283 e. The Kier molecular flexibility index (Phi) is 3.59. The van der Waals surface area contributed by atoms with Crippen molar-refractivity contribution < 1.29 is 0 Å². The molecule has 0 amide bonds. The zero-order valence-corrected chi connectivity index (χ0v) is 15.1. The summed E-state index contributed by atoms with van der Waals surface area (Å²) in [7, 11) is 0. The maximum atomic E-state index is 12.7. The second-order valence-corrected chi connectivity index (χ2v) is 9.00. The summed E-state index contributed by atoms with van der Waals surface area (Å²) in [6, 6.07) is 1.92. The van der Waals surface area contributed by atoms with Gasteiger partial charge in [-0.2, -0.15) is 9.61 Å². The molecule has 5 heteroatoms. The van der Waals surface area contributed by atoms with Gasteiger partial charge in [-0.3, -0.25) is 4.57 Å². The van der Waals surface area contributed by atoms with E-state index in [1.165, 1.54) is 43.0 Å². The van der Waals surface area contributed by atoms with E-state index in [2.05, 4.69) is 30.9 Å². The fraction of sp³-hybridized carbons (Fsp3) is 0.737. The van der Waals surface area contributed by atoms with E-state index in [9.17, 15) is 4.79 Å². The van der Waals surface area contributed by atoms with Gasteiger partial charge in [0, 0.05) is 18.0 Å². The van der Waals surface area contributed by atoms with Crippen LogP contribution in [0, 0.1) is 11.3 Å². The molecule has 130 valence electrons. The van der Waals surface area contributed by atoms with Crippen LogP contribution < -0.4 is 5.69 Å². The van der Waals surface area contributed by atoms with Crippen molar-refractivity contribution >= 4 is 5.65 Å². The molecule has 0 saturated heterocycles. The van der Waals surface area contributed by atoms with Gasteiger partial charge in [-0.05, 0) is 56.3 Å². The van der Waals surface area contributed by atoms with Crippen molar-refractivity contribution in [1.82, 2.24) is 19.2 Å². The first-order valence-corrected chi connectivity index (χ1v) is 9.32. The Morgan fingerprint density at radius 3 is 2.54 bits per heavy atom. The molecule has 2 aromatic heterocycles. The highest BCUT2D eigenvalue weighted by Crippen LogP contribution is 2.57. The van der Waals surface area contributed by atoms with Crippen molar-refractivity contribution in [3.63, 3.8) is 0 Å². The maximum absolute atomic E-state index is 12.7. The van der Waals surface area contributed by atoms with Crippen molar-refractivity contribution in [3.8, 4) is 0 Å². The number of rotatable bonds is 3. The summed E-state index contributed by atoms with van der Waals surface area (Å²) in [5.74, 6) is 0.765. The molecule has 2 saturated carbocycles. The quantitative estimate of drug-likeness (QED) is 0.866. The fourth-order valence-electron chi connectivity index (χ4n) is 4.00. The summed E-state index contributed by atoms with van der Waals surface area (Å²) in [6.45, 7) is 7.05. The lowest BCUT2D eigenvalue weighted by Crippen LogP contribution is -2.29. The van der Waals surface area contributed by atoms with Gasteiger partial charge in [0.05, 0.1) is 5.69 Å². The first kappa shape index (κ1) is 15.9. The van der Waals surface area contributed by atoms with Crippen LogP contribution in [0.25, 0.3) is 5.65 Å².